The van der Waals surface area contributed by atoms with Gasteiger partial charge in [-0.25, -0.2) is 4.98 Å². The van der Waals surface area contributed by atoms with Crippen LogP contribution in [0.1, 0.15) is 10.5 Å². The van der Waals surface area contributed by atoms with E-state index in [1.54, 1.807) is 12.4 Å². The van der Waals surface area contributed by atoms with Gasteiger partial charge in [0.25, 0.3) is 5.91 Å². The maximum atomic E-state index is 12.2. The van der Waals surface area contributed by atoms with Gasteiger partial charge in [0.2, 0.25) is 0 Å². The Bertz CT molecular complexity index is 985. The molecule has 5 nitrogen and oxygen atoms in total. The predicted molar refractivity (Wildman–Crippen MR) is 89.4 cm³/mol. The molecule has 0 saturated heterocycles. The van der Waals surface area contributed by atoms with Gasteiger partial charge in [-0.1, -0.05) is 36.4 Å². The monoisotopic (exact) mass is 302 g/mol. The molecule has 112 valence electrons. The first-order valence-electron chi connectivity index (χ1n) is 7.26. The number of nitrogens with one attached hydrogen (secondary N) is 1. The SMILES string of the molecule is NC(=O)c1c(-c2ncc[nH]2)c2ccccc2n1-c1ccccc1. The van der Waals surface area contributed by atoms with E-state index in [0.29, 0.717) is 11.5 Å². The van der Waals surface area contributed by atoms with E-state index < -0.39 is 5.91 Å². The van der Waals surface area contributed by atoms with Crippen LogP contribution in [0.2, 0.25) is 0 Å². The summed E-state index contributed by atoms with van der Waals surface area (Å²) in [6, 6.07) is 17.5. The molecule has 1 amide bonds. The fourth-order valence-electron chi connectivity index (χ4n) is 2.96. The van der Waals surface area contributed by atoms with Crippen LogP contribution in [0, 0.1) is 0 Å². The van der Waals surface area contributed by atoms with Crippen molar-refractivity contribution in [3.8, 4) is 17.1 Å². The number of hydrogen-bond donors (Lipinski definition) is 2. The standard InChI is InChI=1S/C18H14N4O/c19-17(23)16-15(18-20-10-11-21-18)13-8-4-5-9-14(13)22(16)12-6-2-1-3-7-12/h1-11H,(H2,19,23)(H,20,21). The molecule has 23 heavy (non-hydrogen) atoms. The average molecular weight is 302 g/mol. The fourth-order valence-corrected chi connectivity index (χ4v) is 2.96. The van der Waals surface area contributed by atoms with Crippen molar-refractivity contribution < 1.29 is 4.79 Å². The van der Waals surface area contributed by atoms with Crippen LogP contribution < -0.4 is 5.73 Å². The Hall–Kier alpha value is -3.34. The van der Waals surface area contributed by atoms with Gasteiger partial charge in [0, 0.05) is 23.5 Å². The number of imidazole rings is 1. The lowest BCUT2D eigenvalue weighted by Crippen LogP contribution is -2.17. The molecular formula is C18H14N4O. The van der Waals surface area contributed by atoms with E-state index in [-0.39, 0.29) is 0 Å². The molecule has 3 N–H and O–H groups in total. The molecule has 2 aromatic heterocycles. The number of carbonyl (C=O) groups is 1. The van der Waals surface area contributed by atoms with Gasteiger partial charge >= 0.3 is 0 Å². The van der Waals surface area contributed by atoms with E-state index in [2.05, 4.69) is 9.97 Å². The number of fused-ring (bicyclic) bond motifs is 1. The number of primary amides is 1. The minimum Gasteiger partial charge on any atom is -0.364 e. The Kier molecular flexibility index (Phi) is 2.98. The van der Waals surface area contributed by atoms with Gasteiger partial charge in [-0.2, -0.15) is 0 Å². The van der Waals surface area contributed by atoms with Crippen LogP contribution in [-0.4, -0.2) is 20.4 Å². The molecule has 5 heteroatoms. The number of H-pyrrole nitrogens is 1. The third kappa shape index (κ3) is 2.02. The number of hydrogen-bond acceptors (Lipinski definition) is 2. The maximum Gasteiger partial charge on any atom is 0.266 e. The molecule has 0 aliphatic rings. The first kappa shape index (κ1) is 13.3. The van der Waals surface area contributed by atoms with Gasteiger partial charge in [-0.3, -0.25) is 4.79 Å². The molecule has 0 atom stereocenters. The normalized spacial score (nSPS) is 11.0. The van der Waals surface area contributed by atoms with Crippen molar-refractivity contribution >= 4 is 16.8 Å². The van der Waals surface area contributed by atoms with Crippen LogP contribution in [0.3, 0.4) is 0 Å². The summed E-state index contributed by atoms with van der Waals surface area (Å²) in [5.41, 5.74) is 8.67. The third-order valence-electron chi connectivity index (χ3n) is 3.86. The highest BCUT2D eigenvalue weighted by atomic mass is 16.1. The molecular weight excluding hydrogens is 288 g/mol. The molecule has 0 spiro atoms. The Balaban J connectivity index is 2.18. The van der Waals surface area contributed by atoms with Crippen molar-refractivity contribution in [1.29, 1.82) is 0 Å². The summed E-state index contributed by atoms with van der Waals surface area (Å²) in [6.07, 6.45) is 3.39. The summed E-state index contributed by atoms with van der Waals surface area (Å²) in [7, 11) is 0. The van der Waals surface area contributed by atoms with E-state index in [1.807, 2.05) is 59.2 Å². The van der Waals surface area contributed by atoms with Crippen molar-refractivity contribution in [2.45, 2.75) is 0 Å². The van der Waals surface area contributed by atoms with Crippen molar-refractivity contribution in [2.75, 3.05) is 0 Å². The quantitative estimate of drug-likeness (QED) is 0.610. The highest BCUT2D eigenvalue weighted by Gasteiger charge is 2.24. The Morgan fingerprint density at radius 2 is 1.78 bits per heavy atom. The summed E-state index contributed by atoms with van der Waals surface area (Å²) in [5.74, 6) is 0.140. The molecule has 0 radical (unpaired) electrons. The number of para-hydroxylation sites is 2. The van der Waals surface area contributed by atoms with Crippen LogP contribution in [0.15, 0.2) is 67.0 Å². The summed E-state index contributed by atoms with van der Waals surface area (Å²) in [6.45, 7) is 0. The van der Waals surface area contributed by atoms with Crippen molar-refractivity contribution in [3.05, 3.63) is 72.7 Å². The van der Waals surface area contributed by atoms with Crippen molar-refractivity contribution in [2.24, 2.45) is 5.73 Å². The van der Waals surface area contributed by atoms with E-state index in [9.17, 15) is 4.79 Å². The summed E-state index contributed by atoms with van der Waals surface area (Å²) in [4.78, 5) is 19.6. The van der Waals surface area contributed by atoms with E-state index in [4.69, 9.17) is 5.73 Å². The highest BCUT2D eigenvalue weighted by molar-refractivity contribution is 6.09. The lowest BCUT2D eigenvalue weighted by molar-refractivity contribution is 0.0995. The number of benzene rings is 2. The molecule has 0 fully saturated rings. The van der Waals surface area contributed by atoms with Gasteiger partial charge < -0.3 is 15.3 Å². The Labute approximate surface area is 132 Å². The molecule has 4 rings (SSSR count). The fraction of sp³-hybridized carbons (Fsp3) is 0. The number of carbonyl (C=O) groups excluding carboxylic acids is 1. The first-order chi connectivity index (χ1) is 11.3. The summed E-state index contributed by atoms with van der Waals surface area (Å²) < 4.78 is 1.88. The molecule has 0 bridgehead atoms. The second-order valence-electron chi connectivity index (χ2n) is 5.21. The summed E-state index contributed by atoms with van der Waals surface area (Å²) in [5, 5.41) is 0.931. The van der Waals surface area contributed by atoms with Crippen LogP contribution in [0.25, 0.3) is 28.0 Å². The molecule has 0 saturated carbocycles. The number of nitrogens with two attached hydrogens (primary N) is 1. The van der Waals surface area contributed by atoms with Gasteiger partial charge in [0.1, 0.15) is 11.5 Å². The number of aromatic nitrogens is 3. The van der Waals surface area contributed by atoms with Gasteiger partial charge in [-0.05, 0) is 18.2 Å². The molecule has 0 unspecified atom stereocenters. The second-order valence-corrected chi connectivity index (χ2v) is 5.21. The van der Waals surface area contributed by atoms with E-state index in [0.717, 1.165) is 22.2 Å². The number of aromatic amines is 1. The zero-order chi connectivity index (χ0) is 15.8. The predicted octanol–water partition coefficient (Wildman–Crippen LogP) is 3.12. The van der Waals surface area contributed by atoms with E-state index in [1.165, 1.54) is 0 Å². The van der Waals surface area contributed by atoms with E-state index >= 15 is 0 Å². The third-order valence-corrected chi connectivity index (χ3v) is 3.86. The molecule has 2 aromatic carbocycles. The average Bonchev–Trinajstić information content (AvgIpc) is 3.20. The van der Waals surface area contributed by atoms with Gasteiger partial charge in [0.15, 0.2) is 0 Å². The Morgan fingerprint density at radius 3 is 2.48 bits per heavy atom. The Morgan fingerprint density at radius 1 is 1.04 bits per heavy atom. The lowest BCUT2D eigenvalue weighted by Gasteiger charge is -2.09. The first-order valence-corrected chi connectivity index (χ1v) is 7.26. The second kappa shape index (κ2) is 5.14. The molecule has 2 heterocycles. The van der Waals surface area contributed by atoms with Crippen LogP contribution in [0.4, 0.5) is 0 Å². The zero-order valence-electron chi connectivity index (χ0n) is 12.2. The number of amides is 1. The maximum absolute atomic E-state index is 12.2. The van der Waals surface area contributed by atoms with Crippen molar-refractivity contribution in [3.63, 3.8) is 0 Å². The van der Waals surface area contributed by atoms with Crippen LogP contribution >= 0.6 is 0 Å². The number of rotatable bonds is 3. The number of nitrogens with zero attached hydrogens (tertiary/aromatic N) is 2. The summed E-state index contributed by atoms with van der Waals surface area (Å²) >= 11 is 0. The minimum absolute atomic E-state index is 0.423. The molecule has 0 aliphatic carbocycles. The van der Waals surface area contributed by atoms with Gasteiger partial charge in [0.05, 0.1) is 11.1 Å². The molecule has 0 aliphatic heterocycles. The lowest BCUT2D eigenvalue weighted by atomic mass is 10.1. The topological polar surface area (TPSA) is 76.7 Å². The zero-order valence-corrected chi connectivity index (χ0v) is 12.2. The van der Waals surface area contributed by atoms with Crippen LogP contribution in [0.5, 0.6) is 0 Å². The van der Waals surface area contributed by atoms with Crippen LogP contribution in [-0.2, 0) is 0 Å². The highest BCUT2D eigenvalue weighted by Crippen LogP contribution is 2.35. The minimum atomic E-state index is -0.489. The van der Waals surface area contributed by atoms with Gasteiger partial charge in [-0.15, -0.1) is 0 Å². The smallest absolute Gasteiger partial charge is 0.266 e. The molecule has 4 aromatic rings. The largest absolute Gasteiger partial charge is 0.364 e. The van der Waals surface area contributed by atoms with Crippen molar-refractivity contribution in [1.82, 2.24) is 14.5 Å².